The van der Waals surface area contributed by atoms with Gasteiger partial charge in [0.2, 0.25) is 0 Å². The van der Waals surface area contributed by atoms with Crippen molar-refractivity contribution in [1.82, 2.24) is 0 Å². The average molecular weight is 204 g/mol. The maximum Gasteiger partial charge on any atom is 0.0493 e. The van der Waals surface area contributed by atoms with Crippen molar-refractivity contribution >= 4 is 0 Å². The number of aryl methyl sites for hydroxylation is 1. The molecule has 1 nitrogen and oxygen atoms in total. The second-order valence-corrected chi connectivity index (χ2v) is 4.63. The maximum atomic E-state index is 5.27. The second kappa shape index (κ2) is 4.80. The molecule has 0 fully saturated rings. The highest BCUT2D eigenvalue weighted by Crippen LogP contribution is 2.36. The Bertz CT molecular complexity index is 319. The third-order valence-electron chi connectivity index (χ3n) is 3.53. The lowest BCUT2D eigenvalue weighted by Crippen LogP contribution is -2.19. The molecule has 0 saturated heterocycles. The van der Waals surface area contributed by atoms with Crippen LogP contribution in [-0.2, 0) is 11.2 Å². The zero-order valence-corrected chi connectivity index (χ0v) is 9.70. The standard InChI is InChI=1S/C14H20O/c1-11(10-15-2)13-9-5-7-12-6-3-4-8-14(12)13/h3-4,6,8,11,13H,5,7,9-10H2,1-2H3. The SMILES string of the molecule is COCC(C)C1CCCc2ccccc21. The summed E-state index contributed by atoms with van der Waals surface area (Å²) in [5.74, 6) is 1.34. The first-order chi connectivity index (χ1) is 7.33. The van der Waals surface area contributed by atoms with E-state index in [-0.39, 0.29) is 0 Å². The predicted octanol–water partition coefficient (Wildman–Crippen LogP) is 3.39. The fourth-order valence-electron chi connectivity index (χ4n) is 2.76. The van der Waals surface area contributed by atoms with Crippen molar-refractivity contribution < 1.29 is 4.74 Å². The number of methoxy groups -OCH3 is 1. The molecular formula is C14H20O. The van der Waals surface area contributed by atoms with Crippen LogP contribution in [0.1, 0.15) is 36.8 Å². The Balaban J connectivity index is 2.21. The minimum atomic E-state index is 0.636. The van der Waals surface area contributed by atoms with Gasteiger partial charge in [-0.25, -0.2) is 0 Å². The second-order valence-electron chi connectivity index (χ2n) is 4.63. The van der Waals surface area contributed by atoms with Gasteiger partial charge in [-0.1, -0.05) is 31.2 Å². The Kier molecular flexibility index (Phi) is 3.42. The van der Waals surface area contributed by atoms with E-state index in [0.29, 0.717) is 11.8 Å². The van der Waals surface area contributed by atoms with E-state index in [4.69, 9.17) is 4.74 Å². The van der Waals surface area contributed by atoms with Crippen LogP contribution in [0.2, 0.25) is 0 Å². The molecule has 0 heterocycles. The predicted molar refractivity (Wildman–Crippen MR) is 63.2 cm³/mol. The Morgan fingerprint density at radius 1 is 1.40 bits per heavy atom. The highest BCUT2D eigenvalue weighted by atomic mass is 16.5. The zero-order chi connectivity index (χ0) is 10.7. The lowest BCUT2D eigenvalue weighted by atomic mass is 9.77. The van der Waals surface area contributed by atoms with Crippen LogP contribution in [0, 0.1) is 5.92 Å². The molecule has 0 saturated carbocycles. The minimum Gasteiger partial charge on any atom is -0.384 e. The number of ether oxygens (including phenoxy) is 1. The molecule has 1 aromatic rings. The third-order valence-corrected chi connectivity index (χ3v) is 3.53. The van der Waals surface area contributed by atoms with Crippen LogP contribution < -0.4 is 0 Å². The van der Waals surface area contributed by atoms with Crippen LogP contribution in [0.4, 0.5) is 0 Å². The molecule has 1 aromatic carbocycles. The topological polar surface area (TPSA) is 9.23 Å². The quantitative estimate of drug-likeness (QED) is 0.733. The van der Waals surface area contributed by atoms with E-state index in [1.54, 1.807) is 18.2 Å². The highest BCUT2D eigenvalue weighted by molar-refractivity contribution is 5.32. The summed E-state index contributed by atoms with van der Waals surface area (Å²) < 4.78 is 5.27. The summed E-state index contributed by atoms with van der Waals surface area (Å²) in [4.78, 5) is 0. The van der Waals surface area contributed by atoms with Crippen LogP contribution in [0.5, 0.6) is 0 Å². The molecule has 0 spiro atoms. The van der Waals surface area contributed by atoms with E-state index < -0.39 is 0 Å². The van der Waals surface area contributed by atoms with Crippen molar-refractivity contribution in [3.05, 3.63) is 35.4 Å². The highest BCUT2D eigenvalue weighted by Gasteiger charge is 2.24. The van der Waals surface area contributed by atoms with E-state index in [1.165, 1.54) is 19.3 Å². The van der Waals surface area contributed by atoms with E-state index in [0.717, 1.165) is 6.61 Å². The number of hydrogen-bond acceptors (Lipinski definition) is 1. The van der Waals surface area contributed by atoms with Gasteiger partial charge < -0.3 is 4.74 Å². The molecule has 0 N–H and O–H groups in total. The molecule has 0 radical (unpaired) electrons. The number of fused-ring (bicyclic) bond motifs is 1. The average Bonchev–Trinajstić information content (AvgIpc) is 2.28. The maximum absolute atomic E-state index is 5.27. The molecule has 1 heteroatoms. The monoisotopic (exact) mass is 204 g/mol. The molecule has 0 aliphatic heterocycles. The van der Waals surface area contributed by atoms with E-state index in [1.807, 2.05) is 0 Å². The molecular weight excluding hydrogens is 184 g/mol. The third kappa shape index (κ3) is 2.23. The summed E-state index contributed by atoms with van der Waals surface area (Å²) in [6, 6.07) is 8.89. The Morgan fingerprint density at radius 3 is 3.00 bits per heavy atom. The lowest BCUT2D eigenvalue weighted by molar-refractivity contribution is 0.142. The smallest absolute Gasteiger partial charge is 0.0493 e. The molecule has 0 bridgehead atoms. The Labute approximate surface area is 92.5 Å². The van der Waals surface area contributed by atoms with E-state index >= 15 is 0 Å². The number of rotatable bonds is 3. The fraction of sp³-hybridized carbons (Fsp3) is 0.571. The van der Waals surface area contributed by atoms with Crippen molar-refractivity contribution in [2.45, 2.75) is 32.1 Å². The normalized spacial score (nSPS) is 22.1. The van der Waals surface area contributed by atoms with Gasteiger partial charge in [-0.2, -0.15) is 0 Å². The molecule has 2 rings (SSSR count). The molecule has 1 aliphatic carbocycles. The van der Waals surface area contributed by atoms with Crippen molar-refractivity contribution in [1.29, 1.82) is 0 Å². The first-order valence-corrected chi connectivity index (χ1v) is 5.89. The van der Waals surface area contributed by atoms with Crippen LogP contribution >= 0.6 is 0 Å². The molecule has 0 aromatic heterocycles. The molecule has 0 amide bonds. The van der Waals surface area contributed by atoms with Gasteiger partial charge in [-0.15, -0.1) is 0 Å². The van der Waals surface area contributed by atoms with Crippen LogP contribution in [0.25, 0.3) is 0 Å². The van der Waals surface area contributed by atoms with Crippen LogP contribution in [-0.4, -0.2) is 13.7 Å². The Morgan fingerprint density at radius 2 is 2.20 bits per heavy atom. The summed E-state index contributed by atoms with van der Waals surface area (Å²) in [5, 5.41) is 0. The first-order valence-electron chi connectivity index (χ1n) is 5.89. The molecule has 2 atom stereocenters. The van der Waals surface area contributed by atoms with Gasteiger partial charge in [-0.05, 0) is 42.2 Å². The van der Waals surface area contributed by atoms with E-state index in [2.05, 4.69) is 31.2 Å². The lowest BCUT2D eigenvalue weighted by Gasteiger charge is -2.30. The van der Waals surface area contributed by atoms with Crippen LogP contribution in [0.15, 0.2) is 24.3 Å². The van der Waals surface area contributed by atoms with Crippen molar-refractivity contribution in [3.63, 3.8) is 0 Å². The van der Waals surface area contributed by atoms with Crippen molar-refractivity contribution in [3.8, 4) is 0 Å². The van der Waals surface area contributed by atoms with Gasteiger partial charge in [0.05, 0.1) is 0 Å². The van der Waals surface area contributed by atoms with Crippen molar-refractivity contribution in [2.75, 3.05) is 13.7 Å². The van der Waals surface area contributed by atoms with Gasteiger partial charge in [0.15, 0.2) is 0 Å². The molecule has 15 heavy (non-hydrogen) atoms. The number of benzene rings is 1. The summed E-state index contributed by atoms with van der Waals surface area (Å²) >= 11 is 0. The van der Waals surface area contributed by atoms with E-state index in [9.17, 15) is 0 Å². The van der Waals surface area contributed by atoms with Gasteiger partial charge in [-0.3, -0.25) is 0 Å². The van der Waals surface area contributed by atoms with Gasteiger partial charge in [0.1, 0.15) is 0 Å². The Hall–Kier alpha value is -0.820. The molecule has 2 unspecified atom stereocenters. The largest absolute Gasteiger partial charge is 0.384 e. The first kappa shape index (κ1) is 10.7. The van der Waals surface area contributed by atoms with Gasteiger partial charge >= 0.3 is 0 Å². The summed E-state index contributed by atoms with van der Waals surface area (Å²) in [6.45, 7) is 3.18. The molecule has 82 valence electrons. The zero-order valence-electron chi connectivity index (χ0n) is 9.70. The van der Waals surface area contributed by atoms with Crippen LogP contribution in [0.3, 0.4) is 0 Å². The fourth-order valence-corrected chi connectivity index (χ4v) is 2.76. The summed E-state index contributed by atoms with van der Waals surface area (Å²) in [6.07, 6.45) is 3.91. The van der Waals surface area contributed by atoms with Gasteiger partial charge in [0.25, 0.3) is 0 Å². The number of hydrogen-bond donors (Lipinski definition) is 0. The summed E-state index contributed by atoms with van der Waals surface area (Å²) in [7, 11) is 1.80. The minimum absolute atomic E-state index is 0.636. The molecule has 1 aliphatic rings. The van der Waals surface area contributed by atoms with Gasteiger partial charge in [0, 0.05) is 13.7 Å². The van der Waals surface area contributed by atoms with Crippen molar-refractivity contribution in [2.24, 2.45) is 5.92 Å². The summed E-state index contributed by atoms with van der Waals surface area (Å²) in [5.41, 5.74) is 3.12.